The number of benzene rings is 3. The fourth-order valence-corrected chi connectivity index (χ4v) is 9.32. The van der Waals surface area contributed by atoms with Gasteiger partial charge in [0.1, 0.15) is 12.6 Å². The predicted octanol–water partition coefficient (Wildman–Crippen LogP) is 6.98. The molecule has 10 heteroatoms. The first-order valence-electron chi connectivity index (χ1n) is 18.9. The molecule has 278 valence electrons. The summed E-state index contributed by atoms with van der Waals surface area (Å²) in [4.78, 5) is 34.6. The number of amides is 2. The van der Waals surface area contributed by atoms with Crippen molar-refractivity contribution in [2.24, 2.45) is 11.8 Å². The Balaban J connectivity index is 1.19. The maximum Gasteiger partial charge on any atom is 0.410 e. The van der Waals surface area contributed by atoms with Crippen molar-refractivity contribution >= 4 is 12.0 Å². The highest BCUT2D eigenvalue weighted by atomic mass is 16.6. The Morgan fingerprint density at radius 2 is 1.38 bits per heavy atom. The van der Waals surface area contributed by atoms with Gasteiger partial charge >= 0.3 is 6.09 Å². The van der Waals surface area contributed by atoms with Crippen LogP contribution in [0.3, 0.4) is 0 Å². The zero-order chi connectivity index (χ0) is 36.4. The minimum Gasteiger partial charge on any atom is -0.493 e. The molecule has 4 aliphatic rings. The maximum absolute atomic E-state index is 14.8. The van der Waals surface area contributed by atoms with Gasteiger partial charge in [-0.05, 0) is 102 Å². The molecule has 0 N–H and O–H groups in total. The molecular weight excluding hydrogens is 658 g/mol. The quantitative estimate of drug-likeness (QED) is 0.223. The molecule has 2 saturated heterocycles. The van der Waals surface area contributed by atoms with E-state index in [1.54, 1.807) is 33.3 Å². The molecule has 4 heterocycles. The number of likely N-dealkylation sites (tertiary alicyclic amines) is 1. The van der Waals surface area contributed by atoms with Crippen LogP contribution in [0.2, 0.25) is 0 Å². The number of hydrogen-bond acceptors (Lipinski definition) is 8. The maximum atomic E-state index is 14.8. The molecule has 0 aromatic heterocycles. The Kier molecular flexibility index (Phi) is 10.8. The lowest BCUT2D eigenvalue weighted by Crippen LogP contribution is -2.52. The summed E-state index contributed by atoms with van der Waals surface area (Å²) < 4.78 is 28.7. The van der Waals surface area contributed by atoms with Gasteiger partial charge in [-0.2, -0.15) is 0 Å². The van der Waals surface area contributed by atoms with Crippen LogP contribution in [0.4, 0.5) is 4.79 Å². The largest absolute Gasteiger partial charge is 0.493 e. The van der Waals surface area contributed by atoms with E-state index in [0.717, 1.165) is 67.8 Å². The lowest BCUT2D eigenvalue weighted by molar-refractivity contribution is -0.139. The predicted molar refractivity (Wildman–Crippen MR) is 198 cm³/mol. The van der Waals surface area contributed by atoms with Crippen molar-refractivity contribution in [1.29, 1.82) is 0 Å². The van der Waals surface area contributed by atoms with Crippen molar-refractivity contribution < 1.29 is 33.3 Å². The lowest BCUT2D eigenvalue weighted by Gasteiger charge is -2.49. The topological polar surface area (TPSA) is 90.0 Å². The summed E-state index contributed by atoms with van der Waals surface area (Å²) >= 11 is 0. The normalized spacial score (nSPS) is 24.0. The van der Waals surface area contributed by atoms with Crippen molar-refractivity contribution in [3.63, 3.8) is 0 Å². The van der Waals surface area contributed by atoms with Gasteiger partial charge in [-0.1, -0.05) is 43.7 Å². The van der Waals surface area contributed by atoms with Crippen LogP contribution in [0.1, 0.15) is 78.9 Å². The molecule has 3 aromatic carbocycles. The minimum absolute atomic E-state index is 0.00456. The van der Waals surface area contributed by atoms with Crippen LogP contribution in [0.5, 0.6) is 23.0 Å². The SMILES string of the molecule is CC[C@H]1CN2CCc3cc(OC)c(OC)cc3[C@@H]2C[C@@H]1C[C@H]1c2cc(OC)c(OC)cc2CCN1C(=O)[C@@H]1CCCN1C(=O)OCc1ccccc1. The minimum atomic E-state index is -0.552. The lowest BCUT2D eigenvalue weighted by atomic mass is 9.72. The third-order valence-electron chi connectivity index (χ3n) is 12.1. The van der Waals surface area contributed by atoms with E-state index in [2.05, 4.69) is 41.0 Å². The Bertz CT molecular complexity index is 1750. The summed E-state index contributed by atoms with van der Waals surface area (Å²) in [5.74, 6) is 3.75. The highest BCUT2D eigenvalue weighted by Gasteiger charge is 2.45. The Morgan fingerprint density at radius 1 is 0.750 bits per heavy atom. The van der Waals surface area contributed by atoms with E-state index in [-0.39, 0.29) is 24.6 Å². The second-order valence-corrected chi connectivity index (χ2v) is 14.7. The van der Waals surface area contributed by atoms with Crippen LogP contribution >= 0.6 is 0 Å². The second kappa shape index (κ2) is 15.7. The molecule has 3 aromatic rings. The monoisotopic (exact) mass is 711 g/mol. The van der Waals surface area contributed by atoms with Gasteiger partial charge in [0.2, 0.25) is 5.91 Å². The molecule has 7 rings (SSSR count). The Labute approximate surface area is 307 Å². The smallest absolute Gasteiger partial charge is 0.410 e. The van der Waals surface area contributed by atoms with Gasteiger partial charge in [0.05, 0.1) is 34.5 Å². The zero-order valence-electron chi connectivity index (χ0n) is 31.3. The number of methoxy groups -OCH3 is 4. The molecule has 52 heavy (non-hydrogen) atoms. The van der Waals surface area contributed by atoms with Crippen molar-refractivity contribution in [3.8, 4) is 23.0 Å². The average molecular weight is 712 g/mol. The fourth-order valence-electron chi connectivity index (χ4n) is 9.32. The molecule has 0 bridgehead atoms. The van der Waals surface area contributed by atoms with Crippen molar-refractivity contribution in [3.05, 3.63) is 82.4 Å². The van der Waals surface area contributed by atoms with E-state index in [1.807, 2.05) is 30.3 Å². The fraction of sp³-hybridized carbons (Fsp3) is 0.524. The van der Waals surface area contributed by atoms with Gasteiger partial charge in [0, 0.05) is 32.2 Å². The molecule has 2 fully saturated rings. The summed E-state index contributed by atoms with van der Waals surface area (Å²) in [6.07, 6.45) is 5.53. The van der Waals surface area contributed by atoms with Gasteiger partial charge < -0.3 is 28.6 Å². The molecule has 0 saturated carbocycles. The molecule has 10 nitrogen and oxygen atoms in total. The third-order valence-corrected chi connectivity index (χ3v) is 12.1. The standard InChI is InChI=1S/C42H53N3O7/c1-6-28-25-43-17-14-29-21-37(48-2)39(50-4)23-32(29)35(43)19-31(28)20-36-33-24-40(51-5)38(49-3)22-30(33)15-18-44(36)41(46)34-13-10-16-45(34)42(47)52-26-27-11-8-7-9-12-27/h7-9,11-12,21-24,28,31,34-36H,6,10,13-20,25-26H2,1-5H3/t28-,31+,34-,35-,36-/m0/s1. The van der Waals surface area contributed by atoms with Crippen molar-refractivity contribution in [2.75, 3.05) is 54.6 Å². The van der Waals surface area contributed by atoms with Gasteiger partial charge in [0.25, 0.3) is 0 Å². The molecule has 5 atom stereocenters. The number of piperidine rings is 1. The van der Waals surface area contributed by atoms with E-state index in [1.165, 1.54) is 16.7 Å². The molecule has 0 spiro atoms. The van der Waals surface area contributed by atoms with Gasteiger partial charge in [-0.3, -0.25) is 14.6 Å². The second-order valence-electron chi connectivity index (χ2n) is 14.7. The third kappa shape index (κ3) is 6.89. The molecular formula is C42H53N3O7. The van der Waals surface area contributed by atoms with Crippen LogP contribution in [0.25, 0.3) is 0 Å². The molecule has 2 amide bonds. The first-order chi connectivity index (χ1) is 25.4. The molecule has 0 radical (unpaired) electrons. The Morgan fingerprint density at radius 3 is 2.06 bits per heavy atom. The summed E-state index contributed by atoms with van der Waals surface area (Å²) in [6, 6.07) is 17.7. The van der Waals surface area contributed by atoms with E-state index < -0.39 is 12.1 Å². The van der Waals surface area contributed by atoms with Crippen LogP contribution in [0, 0.1) is 11.8 Å². The summed E-state index contributed by atoms with van der Waals surface area (Å²) in [5, 5.41) is 0. The summed E-state index contributed by atoms with van der Waals surface area (Å²) in [6.45, 7) is 5.60. The highest BCUT2D eigenvalue weighted by Crippen LogP contribution is 2.49. The summed E-state index contributed by atoms with van der Waals surface area (Å²) in [7, 11) is 6.72. The molecule has 4 aliphatic heterocycles. The van der Waals surface area contributed by atoms with E-state index in [4.69, 9.17) is 23.7 Å². The van der Waals surface area contributed by atoms with Gasteiger partial charge in [0.15, 0.2) is 23.0 Å². The van der Waals surface area contributed by atoms with Gasteiger partial charge in [-0.15, -0.1) is 0 Å². The first kappa shape index (κ1) is 35.9. The number of nitrogens with zero attached hydrogens (tertiary/aromatic N) is 3. The highest BCUT2D eigenvalue weighted by molar-refractivity contribution is 5.87. The van der Waals surface area contributed by atoms with E-state index in [0.29, 0.717) is 49.3 Å². The average Bonchev–Trinajstić information content (AvgIpc) is 3.69. The number of carbonyl (C=O) groups is 2. The van der Waals surface area contributed by atoms with Crippen molar-refractivity contribution in [1.82, 2.24) is 14.7 Å². The first-order valence-corrected chi connectivity index (χ1v) is 18.9. The zero-order valence-corrected chi connectivity index (χ0v) is 31.3. The van der Waals surface area contributed by atoms with E-state index >= 15 is 0 Å². The number of fused-ring (bicyclic) bond motifs is 4. The number of carbonyl (C=O) groups excluding carboxylic acids is 2. The molecule has 0 aliphatic carbocycles. The summed E-state index contributed by atoms with van der Waals surface area (Å²) in [5.41, 5.74) is 5.86. The van der Waals surface area contributed by atoms with Crippen LogP contribution in [-0.2, 0) is 29.0 Å². The van der Waals surface area contributed by atoms with E-state index in [9.17, 15) is 9.59 Å². The number of ether oxygens (including phenoxy) is 5. The molecule has 0 unspecified atom stereocenters. The van der Waals surface area contributed by atoms with Crippen LogP contribution in [0.15, 0.2) is 54.6 Å². The van der Waals surface area contributed by atoms with Gasteiger partial charge in [-0.25, -0.2) is 4.79 Å². The number of hydrogen-bond donors (Lipinski definition) is 0. The van der Waals surface area contributed by atoms with Crippen LogP contribution in [-0.4, -0.2) is 87.4 Å². The van der Waals surface area contributed by atoms with Crippen molar-refractivity contribution in [2.45, 2.75) is 76.6 Å². The number of rotatable bonds is 10. The van der Waals surface area contributed by atoms with Crippen LogP contribution < -0.4 is 18.9 Å². The Hall–Kier alpha value is -4.44.